The molecule has 7 N–H and O–H groups in total. The highest BCUT2D eigenvalue weighted by Crippen LogP contribution is 2.45. The van der Waals surface area contributed by atoms with Crippen LogP contribution in [-0.2, 0) is 26.2 Å². The number of piperidine rings is 1. The van der Waals surface area contributed by atoms with Gasteiger partial charge in [0.25, 0.3) is 11.8 Å². The highest BCUT2D eigenvalue weighted by Gasteiger charge is 2.42. The number of rotatable bonds is 6. The number of halogens is 2. The zero-order chi connectivity index (χ0) is 49.0. The molecule has 0 spiro atoms. The molecule has 2 aromatic heterocycles. The predicted octanol–water partition coefficient (Wildman–Crippen LogP) is 7.81. The van der Waals surface area contributed by atoms with E-state index in [4.69, 9.17) is 11.5 Å². The van der Waals surface area contributed by atoms with E-state index in [1.165, 1.54) is 49.9 Å². The van der Waals surface area contributed by atoms with E-state index in [2.05, 4.69) is 60.8 Å². The molecule has 2 aromatic carbocycles. The van der Waals surface area contributed by atoms with E-state index in [1.54, 1.807) is 43.4 Å². The second-order valence-corrected chi connectivity index (χ2v) is 19.5. The first kappa shape index (κ1) is 50.6. The van der Waals surface area contributed by atoms with Gasteiger partial charge in [0.1, 0.15) is 23.0 Å². The number of aromatic nitrogens is 4. The minimum absolute atomic E-state index is 0.0408. The van der Waals surface area contributed by atoms with Crippen molar-refractivity contribution in [3.05, 3.63) is 82.7 Å². The lowest BCUT2D eigenvalue weighted by molar-refractivity contribution is 0.0989. The van der Waals surface area contributed by atoms with Gasteiger partial charge in [-0.15, -0.1) is 0 Å². The van der Waals surface area contributed by atoms with E-state index in [-0.39, 0.29) is 59.4 Å². The minimum Gasteiger partial charge on any atom is -0.365 e. The number of urea groups is 2. The monoisotopic (exact) mass is 928 g/mol. The summed E-state index contributed by atoms with van der Waals surface area (Å²) in [6, 6.07) is 11.8. The zero-order valence-corrected chi connectivity index (χ0v) is 40.7. The van der Waals surface area contributed by atoms with Crippen molar-refractivity contribution in [2.24, 2.45) is 29.2 Å². The molecule has 4 atom stereocenters. The van der Waals surface area contributed by atoms with Gasteiger partial charge in [-0.1, -0.05) is 65.3 Å². The number of nitrogens with two attached hydrogens (primary N) is 2. The number of primary amides is 2. The average molecular weight is 928 g/mol. The van der Waals surface area contributed by atoms with E-state index in [0.29, 0.717) is 71.9 Å². The average Bonchev–Trinajstić information content (AvgIpc) is 3.99. The van der Waals surface area contributed by atoms with Gasteiger partial charge in [0.05, 0.1) is 48.7 Å². The van der Waals surface area contributed by atoms with Crippen LogP contribution in [-0.4, -0.2) is 89.5 Å². The van der Waals surface area contributed by atoms with Crippen molar-refractivity contribution in [3.8, 4) is 22.5 Å². The molecule has 3 fully saturated rings. The highest BCUT2D eigenvalue weighted by molar-refractivity contribution is 6.01. The minimum atomic E-state index is -0.644. The Morgan fingerprint density at radius 1 is 0.687 bits per heavy atom. The predicted molar refractivity (Wildman–Crippen MR) is 256 cm³/mol. The van der Waals surface area contributed by atoms with Crippen molar-refractivity contribution in [1.82, 2.24) is 45.3 Å². The molecule has 364 valence electrons. The van der Waals surface area contributed by atoms with Crippen LogP contribution in [0.2, 0.25) is 0 Å². The van der Waals surface area contributed by atoms with Gasteiger partial charge in [-0.3, -0.25) is 19.0 Å². The number of nitrogens with zero attached hydrogens (tertiary/aromatic N) is 6. The van der Waals surface area contributed by atoms with Crippen LogP contribution in [0.25, 0.3) is 22.5 Å². The first-order valence-corrected chi connectivity index (χ1v) is 24.1. The Labute approximate surface area is 393 Å². The summed E-state index contributed by atoms with van der Waals surface area (Å²) >= 11 is 0. The van der Waals surface area contributed by atoms with Crippen LogP contribution < -0.4 is 27.4 Å². The molecular weight excluding hydrogens is 857 g/mol. The Balaban J connectivity index is 0.000000206. The molecule has 4 aromatic rings. The van der Waals surface area contributed by atoms with Crippen LogP contribution in [0.3, 0.4) is 0 Å². The summed E-state index contributed by atoms with van der Waals surface area (Å²) in [5.41, 5.74) is 14.5. The SMILES string of the molecule is CC.CC.CC1(C)CC(NC(=O)N2CCn3nc(-c4cccc(F)c4)c(C(N)=O)c3C2)CC(C)(C)N1.CC1CC2CCC(C2)C1NC(=O)N1CCn2nc(-c3cccc(F)c3)c(C(N)=O)c2C1. The molecule has 2 aliphatic carbocycles. The van der Waals surface area contributed by atoms with E-state index in [0.717, 1.165) is 18.8 Å². The third-order valence-electron chi connectivity index (χ3n) is 13.4. The summed E-state index contributed by atoms with van der Waals surface area (Å²) in [7, 11) is 0. The van der Waals surface area contributed by atoms with Gasteiger partial charge in [-0.2, -0.15) is 10.2 Å². The van der Waals surface area contributed by atoms with E-state index < -0.39 is 23.4 Å². The summed E-state index contributed by atoms with van der Waals surface area (Å²) in [6.45, 7) is 21.1. The Kier molecular flexibility index (Phi) is 15.8. The third-order valence-corrected chi connectivity index (χ3v) is 13.4. The zero-order valence-electron chi connectivity index (χ0n) is 40.7. The fourth-order valence-corrected chi connectivity index (χ4v) is 11.2. The van der Waals surface area contributed by atoms with Gasteiger partial charge in [0.2, 0.25) is 0 Å². The molecule has 17 heteroatoms. The quantitative estimate of drug-likeness (QED) is 0.130. The van der Waals surface area contributed by atoms with Crippen molar-refractivity contribution in [3.63, 3.8) is 0 Å². The third kappa shape index (κ3) is 11.5. The summed E-state index contributed by atoms with van der Waals surface area (Å²) < 4.78 is 30.9. The van der Waals surface area contributed by atoms with Gasteiger partial charge in [-0.25, -0.2) is 18.4 Å². The van der Waals surface area contributed by atoms with E-state index >= 15 is 0 Å². The number of carbonyl (C=O) groups is 4. The number of carbonyl (C=O) groups excluding carboxylic acids is 4. The molecule has 5 heterocycles. The fourth-order valence-electron chi connectivity index (χ4n) is 11.2. The lowest BCUT2D eigenvalue weighted by Crippen LogP contribution is -2.63. The van der Waals surface area contributed by atoms with Crippen LogP contribution in [0.5, 0.6) is 0 Å². The number of hydrogen-bond donors (Lipinski definition) is 5. The molecular formula is C50H71F2N11O4. The van der Waals surface area contributed by atoms with Crippen LogP contribution in [0, 0.1) is 29.4 Å². The van der Waals surface area contributed by atoms with Crippen LogP contribution in [0.4, 0.5) is 18.4 Å². The molecule has 5 aliphatic rings. The molecule has 2 bridgehead atoms. The maximum Gasteiger partial charge on any atom is 0.318 e. The lowest BCUT2D eigenvalue weighted by Gasteiger charge is -2.47. The molecule has 0 radical (unpaired) electrons. The molecule has 1 saturated heterocycles. The first-order chi connectivity index (χ1) is 31.8. The summed E-state index contributed by atoms with van der Waals surface area (Å²) in [4.78, 5) is 54.2. The van der Waals surface area contributed by atoms with Gasteiger partial charge < -0.3 is 37.2 Å². The van der Waals surface area contributed by atoms with Gasteiger partial charge in [-0.05, 0) is 102 Å². The van der Waals surface area contributed by atoms with Crippen molar-refractivity contribution < 1.29 is 28.0 Å². The smallest absolute Gasteiger partial charge is 0.318 e. The molecule has 4 unspecified atom stereocenters. The lowest BCUT2D eigenvalue weighted by atomic mass is 9.78. The Morgan fingerprint density at radius 2 is 1.15 bits per heavy atom. The fraction of sp³-hybridized carbons (Fsp3) is 0.560. The van der Waals surface area contributed by atoms with Crippen molar-refractivity contribution in [1.29, 1.82) is 0 Å². The van der Waals surface area contributed by atoms with Crippen molar-refractivity contribution in [2.45, 2.75) is 150 Å². The number of nitrogens with one attached hydrogen (secondary N) is 3. The van der Waals surface area contributed by atoms with Gasteiger partial charge in [0.15, 0.2) is 0 Å². The van der Waals surface area contributed by atoms with Crippen molar-refractivity contribution >= 4 is 23.9 Å². The maximum absolute atomic E-state index is 13.8. The van der Waals surface area contributed by atoms with Gasteiger partial charge in [0, 0.05) is 47.4 Å². The second kappa shape index (κ2) is 21.0. The molecule has 3 aliphatic heterocycles. The molecule has 6 amide bonds. The summed E-state index contributed by atoms with van der Waals surface area (Å²) in [6.07, 6.45) is 6.50. The second-order valence-electron chi connectivity index (χ2n) is 19.5. The standard InChI is InChI=1S/C23H31FN6O2.C23H28FN5O2.2C2H6/c1-22(2)11-16(12-23(3,4)28-22)26-21(32)29-8-9-30-17(13-29)18(20(25)31)19(27-30)14-6-5-7-15(24)10-14;1-13-9-14-5-6-16(10-14)20(13)26-23(31)28-7-8-29-18(12-28)19(22(25)30)21(27-29)15-3-2-4-17(24)11-15;2*1-2/h5-7,10,16,28H,8-9,11-13H2,1-4H3,(H2,25,31)(H,26,32);2-4,11,13-14,16,20H,5-10,12H2,1H3,(H2,25,30)(H,26,31);2*1-2H3. The van der Waals surface area contributed by atoms with Crippen molar-refractivity contribution in [2.75, 3.05) is 13.1 Å². The van der Waals surface area contributed by atoms with Crippen LogP contribution >= 0.6 is 0 Å². The largest absolute Gasteiger partial charge is 0.365 e. The summed E-state index contributed by atoms with van der Waals surface area (Å²) in [5, 5.41) is 19.1. The van der Waals surface area contributed by atoms with E-state index in [9.17, 15) is 28.0 Å². The normalized spacial score (nSPS) is 22.3. The molecule has 15 nitrogen and oxygen atoms in total. The number of hydrogen-bond acceptors (Lipinski definition) is 7. The van der Waals surface area contributed by atoms with E-state index in [1.807, 2.05) is 27.7 Å². The topological polar surface area (TPSA) is 199 Å². The number of amides is 6. The Bertz CT molecular complexity index is 2410. The Hall–Kier alpha value is -5.84. The molecule has 9 rings (SSSR count). The first-order valence-electron chi connectivity index (χ1n) is 24.1. The van der Waals surface area contributed by atoms with Crippen LogP contribution in [0.15, 0.2) is 48.5 Å². The maximum atomic E-state index is 13.8. The van der Waals surface area contributed by atoms with Crippen LogP contribution in [0.1, 0.15) is 133 Å². The van der Waals surface area contributed by atoms with Gasteiger partial charge >= 0.3 is 12.1 Å². The number of benzene rings is 2. The summed E-state index contributed by atoms with van der Waals surface area (Å²) in [5.74, 6) is -0.236. The molecule has 67 heavy (non-hydrogen) atoms. The Morgan fingerprint density at radius 3 is 1.60 bits per heavy atom. The number of fused-ring (bicyclic) bond motifs is 4. The highest BCUT2D eigenvalue weighted by atomic mass is 19.1. The molecule has 2 saturated carbocycles.